The molecular weight excluding hydrogens is 290 g/mol. The van der Waals surface area contributed by atoms with Crippen LogP contribution < -0.4 is 10.6 Å². The fourth-order valence-electron chi connectivity index (χ4n) is 3.27. The zero-order chi connectivity index (χ0) is 16.5. The molecule has 0 bridgehead atoms. The number of guanidine groups is 1. The molecule has 126 valence electrons. The van der Waals surface area contributed by atoms with E-state index in [9.17, 15) is 4.79 Å². The van der Waals surface area contributed by atoms with Gasteiger partial charge in [-0.1, -0.05) is 43.2 Å². The highest BCUT2D eigenvalue weighted by molar-refractivity contribution is 5.80. The highest BCUT2D eigenvalue weighted by Crippen LogP contribution is 2.40. The van der Waals surface area contributed by atoms with E-state index in [0.29, 0.717) is 13.0 Å². The molecule has 0 amide bonds. The largest absolute Gasteiger partial charge is 0.469 e. The molecule has 0 radical (unpaired) electrons. The van der Waals surface area contributed by atoms with Gasteiger partial charge in [0.15, 0.2) is 5.96 Å². The average molecular weight is 317 g/mol. The number of nitrogens with zero attached hydrogens (tertiary/aromatic N) is 1. The first kappa shape index (κ1) is 17.3. The van der Waals surface area contributed by atoms with Crippen molar-refractivity contribution >= 4 is 11.9 Å². The second kappa shape index (κ2) is 8.56. The van der Waals surface area contributed by atoms with Crippen LogP contribution in [0.3, 0.4) is 0 Å². The van der Waals surface area contributed by atoms with Crippen LogP contribution >= 0.6 is 0 Å². The van der Waals surface area contributed by atoms with Crippen LogP contribution in [0.5, 0.6) is 0 Å². The van der Waals surface area contributed by atoms with Gasteiger partial charge >= 0.3 is 5.97 Å². The monoisotopic (exact) mass is 317 g/mol. The number of rotatable bonds is 6. The van der Waals surface area contributed by atoms with Gasteiger partial charge in [-0.2, -0.15) is 0 Å². The third-order valence-corrected chi connectivity index (χ3v) is 4.61. The standard InChI is InChI=1S/C18H27N3O2/c1-19-17(20-13-10-16(22)23-2)21-14-18(11-6-7-12-18)15-8-4-3-5-9-15/h3-5,8-9H,6-7,10-14H2,1-2H3,(H2,19,20,21). The summed E-state index contributed by atoms with van der Waals surface area (Å²) in [6.45, 7) is 1.37. The molecule has 1 aliphatic carbocycles. The van der Waals surface area contributed by atoms with Gasteiger partial charge in [-0.05, 0) is 18.4 Å². The van der Waals surface area contributed by atoms with Crippen LogP contribution in [0, 0.1) is 0 Å². The summed E-state index contributed by atoms with van der Waals surface area (Å²) in [5.74, 6) is 0.514. The number of nitrogens with one attached hydrogen (secondary N) is 2. The van der Waals surface area contributed by atoms with E-state index in [-0.39, 0.29) is 11.4 Å². The number of benzene rings is 1. The number of carbonyl (C=O) groups excluding carboxylic acids is 1. The topological polar surface area (TPSA) is 62.7 Å². The Hall–Kier alpha value is -2.04. The van der Waals surface area contributed by atoms with E-state index in [1.807, 2.05) is 0 Å². The Kier molecular flexibility index (Phi) is 6.44. The van der Waals surface area contributed by atoms with Crippen LogP contribution in [0.1, 0.15) is 37.7 Å². The summed E-state index contributed by atoms with van der Waals surface area (Å²) in [4.78, 5) is 15.4. The van der Waals surface area contributed by atoms with Gasteiger partial charge in [0.2, 0.25) is 0 Å². The van der Waals surface area contributed by atoms with Gasteiger partial charge in [0.05, 0.1) is 13.5 Å². The molecule has 0 heterocycles. The minimum Gasteiger partial charge on any atom is -0.469 e. The summed E-state index contributed by atoms with van der Waals surface area (Å²) in [6.07, 6.45) is 5.27. The van der Waals surface area contributed by atoms with Gasteiger partial charge < -0.3 is 15.4 Å². The summed E-state index contributed by atoms with van der Waals surface area (Å²) in [6, 6.07) is 10.7. The fraction of sp³-hybridized carbons (Fsp3) is 0.556. The van der Waals surface area contributed by atoms with E-state index in [0.717, 1.165) is 12.5 Å². The summed E-state index contributed by atoms with van der Waals surface area (Å²) in [5.41, 5.74) is 1.58. The van der Waals surface area contributed by atoms with E-state index < -0.39 is 0 Å². The van der Waals surface area contributed by atoms with Crippen LogP contribution in [0.15, 0.2) is 35.3 Å². The first-order valence-electron chi connectivity index (χ1n) is 8.27. The lowest BCUT2D eigenvalue weighted by atomic mass is 9.79. The van der Waals surface area contributed by atoms with Crippen molar-refractivity contribution in [3.8, 4) is 0 Å². The first-order valence-corrected chi connectivity index (χ1v) is 8.27. The van der Waals surface area contributed by atoms with Gasteiger partial charge in [0.25, 0.3) is 0 Å². The van der Waals surface area contributed by atoms with Crippen molar-refractivity contribution in [1.82, 2.24) is 10.6 Å². The number of ether oxygens (including phenoxy) is 1. The predicted molar refractivity (Wildman–Crippen MR) is 92.6 cm³/mol. The van der Waals surface area contributed by atoms with Gasteiger partial charge in [0.1, 0.15) is 0 Å². The lowest BCUT2D eigenvalue weighted by Crippen LogP contribution is -2.45. The summed E-state index contributed by atoms with van der Waals surface area (Å²) < 4.78 is 4.64. The van der Waals surface area contributed by atoms with E-state index in [1.54, 1.807) is 7.05 Å². The smallest absolute Gasteiger partial charge is 0.307 e. The number of aliphatic imine (C=N–C) groups is 1. The molecule has 2 N–H and O–H groups in total. The highest BCUT2D eigenvalue weighted by Gasteiger charge is 2.35. The zero-order valence-corrected chi connectivity index (χ0v) is 14.1. The van der Waals surface area contributed by atoms with Crippen molar-refractivity contribution in [1.29, 1.82) is 0 Å². The van der Waals surface area contributed by atoms with E-state index in [1.165, 1.54) is 38.4 Å². The van der Waals surface area contributed by atoms with Gasteiger partial charge in [-0.25, -0.2) is 0 Å². The number of methoxy groups -OCH3 is 1. The summed E-state index contributed by atoms with van der Waals surface area (Å²) in [5, 5.41) is 6.59. The molecule has 1 aromatic carbocycles. The first-order chi connectivity index (χ1) is 11.2. The molecule has 23 heavy (non-hydrogen) atoms. The molecule has 1 aliphatic rings. The maximum absolute atomic E-state index is 11.2. The van der Waals surface area contributed by atoms with Crippen LogP contribution in [-0.4, -0.2) is 39.2 Å². The third-order valence-electron chi connectivity index (χ3n) is 4.61. The lowest BCUT2D eigenvalue weighted by molar-refractivity contribution is -0.140. The van der Waals surface area contributed by atoms with Gasteiger partial charge in [0, 0.05) is 25.6 Å². The SMILES string of the molecule is CN=C(NCCC(=O)OC)NCC1(c2ccccc2)CCCC1. The molecule has 1 saturated carbocycles. The number of hydrogen-bond donors (Lipinski definition) is 2. The molecule has 1 fully saturated rings. The Morgan fingerprint density at radius 3 is 2.52 bits per heavy atom. The fourth-order valence-corrected chi connectivity index (χ4v) is 3.27. The molecule has 5 nitrogen and oxygen atoms in total. The minimum atomic E-state index is -0.218. The summed E-state index contributed by atoms with van der Waals surface area (Å²) >= 11 is 0. The molecule has 5 heteroatoms. The molecular formula is C18H27N3O2. The van der Waals surface area contributed by atoms with E-state index in [2.05, 4.69) is 50.7 Å². The number of hydrogen-bond acceptors (Lipinski definition) is 3. The second-order valence-corrected chi connectivity index (χ2v) is 6.03. The van der Waals surface area contributed by atoms with Crippen LogP contribution in [0.25, 0.3) is 0 Å². The lowest BCUT2D eigenvalue weighted by Gasteiger charge is -2.30. The molecule has 1 aromatic rings. The van der Waals surface area contributed by atoms with Crippen molar-refractivity contribution < 1.29 is 9.53 Å². The molecule has 0 spiro atoms. The van der Waals surface area contributed by atoms with E-state index >= 15 is 0 Å². The molecule has 2 rings (SSSR count). The predicted octanol–water partition coefficient (Wildman–Crippen LogP) is 2.23. The highest BCUT2D eigenvalue weighted by atomic mass is 16.5. The van der Waals surface area contributed by atoms with Crippen LogP contribution in [0.4, 0.5) is 0 Å². The Labute approximate surface area is 138 Å². The maximum Gasteiger partial charge on any atom is 0.307 e. The van der Waals surface area contributed by atoms with Crippen molar-refractivity contribution in [3.63, 3.8) is 0 Å². The van der Waals surface area contributed by atoms with Crippen molar-refractivity contribution in [2.75, 3.05) is 27.2 Å². The average Bonchev–Trinajstić information content (AvgIpc) is 3.08. The Morgan fingerprint density at radius 2 is 1.91 bits per heavy atom. The Morgan fingerprint density at radius 1 is 1.22 bits per heavy atom. The zero-order valence-electron chi connectivity index (χ0n) is 14.1. The molecule has 0 saturated heterocycles. The third kappa shape index (κ3) is 4.71. The molecule has 0 atom stereocenters. The minimum absolute atomic E-state index is 0.182. The van der Waals surface area contributed by atoms with E-state index in [4.69, 9.17) is 0 Å². The van der Waals surface area contributed by atoms with Gasteiger partial charge in [-0.3, -0.25) is 9.79 Å². The molecule has 0 unspecified atom stereocenters. The number of esters is 1. The Balaban J connectivity index is 1.92. The van der Waals surface area contributed by atoms with Crippen molar-refractivity contribution in [2.24, 2.45) is 4.99 Å². The summed E-state index contributed by atoms with van der Waals surface area (Å²) in [7, 11) is 3.15. The van der Waals surface area contributed by atoms with Crippen molar-refractivity contribution in [3.05, 3.63) is 35.9 Å². The van der Waals surface area contributed by atoms with Gasteiger partial charge in [-0.15, -0.1) is 0 Å². The normalized spacial score (nSPS) is 16.9. The maximum atomic E-state index is 11.2. The van der Waals surface area contributed by atoms with Crippen LogP contribution in [-0.2, 0) is 14.9 Å². The van der Waals surface area contributed by atoms with Crippen LogP contribution in [0.2, 0.25) is 0 Å². The van der Waals surface area contributed by atoms with Crippen molar-refractivity contribution in [2.45, 2.75) is 37.5 Å². The quantitative estimate of drug-likeness (QED) is 0.480. The Bertz CT molecular complexity index is 522. The molecule has 0 aliphatic heterocycles. The second-order valence-electron chi connectivity index (χ2n) is 6.03. The number of carbonyl (C=O) groups is 1. The molecule has 0 aromatic heterocycles.